The molecule has 0 saturated carbocycles. The van der Waals surface area contributed by atoms with E-state index in [0.29, 0.717) is 11.6 Å². The molecule has 0 aromatic heterocycles. The van der Waals surface area contributed by atoms with Crippen LogP contribution in [0.1, 0.15) is 41.5 Å². The van der Waals surface area contributed by atoms with Gasteiger partial charge in [-0.1, -0.05) is 6.07 Å². The molecule has 1 aliphatic rings. The van der Waals surface area contributed by atoms with E-state index in [1.807, 2.05) is 20.8 Å². The number of carboxylic acid groups (broad SMARTS) is 1. The monoisotopic (exact) mass is 336 g/mol. The highest BCUT2D eigenvalue weighted by Gasteiger charge is 2.36. The van der Waals surface area contributed by atoms with E-state index in [1.165, 1.54) is 34.9 Å². The molecule has 1 heterocycles. The molecule has 7 heteroatoms. The number of carbonyl (C=O) groups is 3. The summed E-state index contributed by atoms with van der Waals surface area (Å²) in [6, 6.07) is 5.33. The summed E-state index contributed by atoms with van der Waals surface area (Å²) < 4.78 is 0. The third-order valence-electron chi connectivity index (χ3n) is 3.30. The van der Waals surface area contributed by atoms with E-state index >= 15 is 0 Å². The van der Waals surface area contributed by atoms with Crippen LogP contribution in [0.3, 0.4) is 0 Å². The van der Waals surface area contributed by atoms with Crippen molar-refractivity contribution in [2.24, 2.45) is 0 Å². The molecule has 1 atom stereocenters. The van der Waals surface area contributed by atoms with Gasteiger partial charge in [0.25, 0.3) is 5.91 Å². The van der Waals surface area contributed by atoms with Gasteiger partial charge in [-0.15, -0.1) is 11.8 Å². The van der Waals surface area contributed by atoms with Gasteiger partial charge in [0.2, 0.25) is 5.91 Å². The van der Waals surface area contributed by atoms with Crippen molar-refractivity contribution in [3.8, 4) is 0 Å². The predicted octanol–water partition coefficient (Wildman–Crippen LogP) is 1.81. The second-order valence-corrected chi connectivity index (χ2v) is 7.42. The number of nitrogens with one attached hydrogen (secondary N) is 1. The lowest BCUT2D eigenvalue weighted by Crippen LogP contribution is -2.52. The summed E-state index contributed by atoms with van der Waals surface area (Å²) in [5.41, 5.74) is -0.0400. The molecule has 1 aromatic rings. The van der Waals surface area contributed by atoms with Gasteiger partial charge in [0, 0.05) is 16.9 Å². The van der Waals surface area contributed by atoms with Gasteiger partial charge in [-0.2, -0.15) is 0 Å². The Balaban J connectivity index is 2.19. The number of amides is 2. The molecule has 1 fully saturated rings. The van der Waals surface area contributed by atoms with Crippen LogP contribution in [0.25, 0.3) is 0 Å². The molecule has 1 unspecified atom stereocenters. The summed E-state index contributed by atoms with van der Waals surface area (Å²) in [5, 5.41) is 11.9. The molecular weight excluding hydrogens is 316 g/mol. The van der Waals surface area contributed by atoms with Gasteiger partial charge >= 0.3 is 5.97 Å². The lowest BCUT2D eigenvalue weighted by molar-refractivity contribution is -0.125. The van der Waals surface area contributed by atoms with E-state index in [0.717, 1.165) is 0 Å². The maximum Gasteiger partial charge on any atom is 0.335 e. The molecule has 2 rings (SSSR count). The summed E-state index contributed by atoms with van der Waals surface area (Å²) >= 11 is 1.51. The third kappa shape index (κ3) is 4.25. The van der Waals surface area contributed by atoms with E-state index in [2.05, 4.69) is 5.32 Å². The zero-order valence-corrected chi connectivity index (χ0v) is 14.1. The molecular formula is C16H20N2O4S. The van der Waals surface area contributed by atoms with Crippen molar-refractivity contribution in [3.05, 3.63) is 35.4 Å². The molecule has 0 spiro atoms. The fourth-order valence-electron chi connectivity index (χ4n) is 2.26. The average molecular weight is 336 g/mol. The van der Waals surface area contributed by atoms with Crippen LogP contribution >= 0.6 is 11.8 Å². The maximum absolute atomic E-state index is 12.6. The first kappa shape index (κ1) is 17.3. The van der Waals surface area contributed by atoms with Gasteiger partial charge in [0.15, 0.2) is 0 Å². The Hall–Kier alpha value is -2.02. The van der Waals surface area contributed by atoms with Crippen LogP contribution in [-0.4, -0.2) is 51.0 Å². The molecule has 124 valence electrons. The van der Waals surface area contributed by atoms with Gasteiger partial charge in [0.05, 0.1) is 11.4 Å². The molecule has 2 N–H and O–H groups in total. The highest BCUT2D eigenvalue weighted by Crippen LogP contribution is 2.24. The van der Waals surface area contributed by atoms with Crippen molar-refractivity contribution in [3.63, 3.8) is 0 Å². The molecule has 1 aliphatic heterocycles. The van der Waals surface area contributed by atoms with E-state index in [-0.39, 0.29) is 28.5 Å². The van der Waals surface area contributed by atoms with Crippen LogP contribution in [0.4, 0.5) is 0 Å². The van der Waals surface area contributed by atoms with Crippen LogP contribution in [0.2, 0.25) is 0 Å². The summed E-state index contributed by atoms with van der Waals surface area (Å²) in [7, 11) is 0. The van der Waals surface area contributed by atoms with Crippen molar-refractivity contribution in [1.82, 2.24) is 10.2 Å². The summed E-state index contributed by atoms with van der Waals surface area (Å²) in [5.74, 6) is -0.653. The van der Waals surface area contributed by atoms with Crippen LogP contribution in [0, 0.1) is 0 Å². The van der Waals surface area contributed by atoms with Crippen molar-refractivity contribution in [1.29, 1.82) is 0 Å². The van der Waals surface area contributed by atoms with E-state index in [4.69, 9.17) is 5.11 Å². The highest BCUT2D eigenvalue weighted by atomic mass is 32.2. The molecule has 23 heavy (non-hydrogen) atoms. The lowest BCUT2D eigenvalue weighted by Gasteiger charge is -2.27. The minimum atomic E-state index is -1.09. The highest BCUT2D eigenvalue weighted by molar-refractivity contribution is 7.99. The lowest BCUT2D eigenvalue weighted by atomic mass is 10.1. The number of nitrogens with zero attached hydrogens (tertiary/aromatic N) is 1. The van der Waals surface area contributed by atoms with Gasteiger partial charge < -0.3 is 15.3 Å². The standard InChI is InChI=1S/C16H20N2O4S/c1-16(2,3)17-13(19)12-8-23-9-18(12)14(20)10-5-4-6-11(7-10)15(21)22/h4-7,12H,8-9H2,1-3H3,(H,17,19)(H,21,22). The first-order valence-electron chi connectivity index (χ1n) is 7.23. The zero-order chi connectivity index (χ0) is 17.2. The summed E-state index contributed by atoms with van der Waals surface area (Å²) in [6.45, 7) is 5.65. The smallest absolute Gasteiger partial charge is 0.335 e. The zero-order valence-electron chi connectivity index (χ0n) is 13.3. The number of aromatic carboxylic acids is 1. The van der Waals surface area contributed by atoms with E-state index < -0.39 is 12.0 Å². The fourth-order valence-corrected chi connectivity index (χ4v) is 3.42. The Bertz CT molecular complexity index is 639. The van der Waals surface area contributed by atoms with Crippen LogP contribution in [0.5, 0.6) is 0 Å². The fraction of sp³-hybridized carbons (Fsp3) is 0.438. The van der Waals surface area contributed by atoms with Gasteiger partial charge in [-0.3, -0.25) is 9.59 Å². The van der Waals surface area contributed by atoms with E-state index in [1.54, 1.807) is 6.07 Å². The molecule has 0 radical (unpaired) electrons. The minimum Gasteiger partial charge on any atom is -0.478 e. The van der Waals surface area contributed by atoms with Gasteiger partial charge in [0.1, 0.15) is 6.04 Å². The van der Waals surface area contributed by atoms with Crippen LogP contribution < -0.4 is 5.32 Å². The third-order valence-corrected chi connectivity index (χ3v) is 4.31. The SMILES string of the molecule is CC(C)(C)NC(=O)C1CSCN1C(=O)c1cccc(C(=O)O)c1. The second-order valence-electron chi connectivity index (χ2n) is 6.42. The molecule has 1 aromatic carbocycles. The average Bonchev–Trinajstić information content (AvgIpc) is 2.94. The van der Waals surface area contributed by atoms with E-state index in [9.17, 15) is 14.4 Å². The quantitative estimate of drug-likeness (QED) is 0.879. The largest absolute Gasteiger partial charge is 0.478 e. The van der Waals surface area contributed by atoms with Crippen molar-refractivity contribution in [2.45, 2.75) is 32.4 Å². The molecule has 0 aliphatic carbocycles. The number of hydrogen-bond donors (Lipinski definition) is 2. The van der Waals surface area contributed by atoms with Gasteiger partial charge in [-0.25, -0.2) is 4.79 Å². The van der Waals surface area contributed by atoms with Crippen molar-refractivity contribution < 1.29 is 19.5 Å². The number of rotatable bonds is 3. The number of benzene rings is 1. The molecule has 2 amide bonds. The molecule has 1 saturated heterocycles. The Morgan fingerprint density at radius 3 is 2.52 bits per heavy atom. The molecule has 6 nitrogen and oxygen atoms in total. The Labute approximate surface area is 139 Å². The number of carboxylic acids is 1. The second kappa shape index (κ2) is 6.62. The van der Waals surface area contributed by atoms with Crippen molar-refractivity contribution in [2.75, 3.05) is 11.6 Å². The number of hydrogen-bond acceptors (Lipinski definition) is 4. The predicted molar refractivity (Wildman–Crippen MR) is 88.6 cm³/mol. The number of carbonyl (C=O) groups excluding carboxylic acids is 2. The first-order chi connectivity index (χ1) is 10.7. The summed E-state index contributed by atoms with van der Waals surface area (Å²) in [6.07, 6.45) is 0. The topological polar surface area (TPSA) is 86.7 Å². The Morgan fingerprint density at radius 2 is 1.91 bits per heavy atom. The van der Waals surface area contributed by atoms with Crippen LogP contribution in [-0.2, 0) is 4.79 Å². The maximum atomic E-state index is 12.6. The van der Waals surface area contributed by atoms with Gasteiger partial charge in [-0.05, 0) is 39.0 Å². The van der Waals surface area contributed by atoms with Crippen molar-refractivity contribution >= 4 is 29.5 Å². The van der Waals surface area contributed by atoms with Crippen LogP contribution in [0.15, 0.2) is 24.3 Å². The minimum absolute atomic E-state index is 0.0541. The first-order valence-corrected chi connectivity index (χ1v) is 8.38. The Kier molecular flexibility index (Phi) is 4.99. The Morgan fingerprint density at radius 1 is 1.26 bits per heavy atom. The normalized spacial score (nSPS) is 17.9. The summed E-state index contributed by atoms with van der Waals surface area (Å²) in [4.78, 5) is 37.5. The molecule has 0 bridgehead atoms. The number of thioether (sulfide) groups is 1.